The molecule has 1 unspecified atom stereocenters. The summed E-state index contributed by atoms with van der Waals surface area (Å²) in [4.78, 5) is 37.7. The van der Waals surface area contributed by atoms with E-state index in [0.29, 0.717) is 21.3 Å². The summed E-state index contributed by atoms with van der Waals surface area (Å²) >= 11 is 12.0. The molecule has 3 aromatic carbocycles. The van der Waals surface area contributed by atoms with Crippen LogP contribution in [0.5, 0.6) is 0 Å². The number of carbonyl (C=O) groups is 3. The second-order valence-corrected chi connectivity index (χ2v) is 7.82. The van der Waals surface area contributed by atoms with Crippen LogP contribution in [0.15, 0.2) is 78.9 Å². The molecule has 3 rings (SSSR count). The Morgan fingerprint density at radius 1 is 0.844 bits per heavy atom. The average molecular weight is 470 g/mol. The van der Waals surface area contributed by atoms with Crippen LogP contribution in [0.3, 0.4) is 0 Å². The molecule has 0 aliphatic rings. The highest BCUT2D eigenvalue weighted by Gasteiger charge is 2.22. The Labute approximate surface area is 195 Å². The Morgan fingerprint density at radius 3 is 2.19 bits per heavy atom. The number of rotatable bonds is 8. The van der Waals surface area contributed by atoms with E-state index >= 15 is 0 Å². The fourth-order valence-electron chi connectivity index (χ4n) is 2.97. The lowest BCUT2D eigenvalue weighted by atomic mass is 10.0. The molecule has 0 spiro atoms. The molecule has 0 fully saturated rings. The number of carbonyl (C=O) groups excluding carboxylic acids is 3. The molecular weight excluding hydrogens is 449 g/mol. The lowest BCUT2D eigenvalue weighted by Crippen LogP contribution is -2.49. The van der Waals surface area contributed by atoms with Crippen LogP contribution in [0.25, 0.3) is 0 Å². The summed E-state index contributed by atoms with van der Waals surface area (Å²) in [6.45, 7) is -0.297. The molecule has 0 saturated carbocycles. The Morgan fingerprint density at radius 2 is 1.50 bits per heavy atom. The van der Waals surface area contributed by atoms with Gasteiger partial charge in [0.2, 0.25) is 11.8 Å². The number of hydrogen-bond acceptors (Lipinski definition) is 3. The minimum absolute atomic E-state index is 0.271. The lowest BCUT2D eigenvalue weighted by molar-refractivity contribution is -0.125. The number of halogens is 2. The molecule has 0 aromatic heterocycles. The lowest BCUT2D eigenvalue weighted by Gasteiger charge is -2.19. The van der Waals surface area contributed by atoms with Crippen LogP contribution in [0.2, 0.25) is 10.0 Å². The third-order valence-electron chi connectivity index (χ3n) is 4.57. The summed E-state index contributed by atoms with van der Waals surface area (Å²) < 4.78 is 0. The molecule has 3 amide bonds. The Kier molecular flexibility index (Phi) is 8.25. The number of hydrogen-bond donors (Lipinski definition) is 3. The Bertz CT molecular complexity index is 1090. The van der Waals surface area contributed by atoms with Crippen LogP contribution < -0.4 is 16.0 Å². The molecule has 0 radical (unpaired) electrons. The number of anilines is 1. The number of nitrogens with one attached hydrogen (secondary N) is 3. The van der Waals surface area contributed by atoms with Crippen LogP contribution >= 0.6 is 23.2 Å². The molecule has 0 heterocycles. The van der Waals surface area contributed by atoms with Gasteiger partial charge in [0, 0.05) is 17.0 Å². The van der Waals surface area contributed by atoms with Crippen molar-refractivity contribution in [2.75, 3.05) is 11.9 Å². The molecule has 0 aliphatic heterocycles. The highest BCUT2D eigenvalue weighted by Crippen LogP contribution is 2.25. The second kappa shape index (κ2) is 11.3. The van der Waals surface area contributed by atoms with Crippen LogP contribution in [0, 0.1) is 0 Å². The number of amides is 3. The molecule has 0 aliphatic carbocycles. The standard InChI is InChI=1S/C24H21Cl2N3O3/c25-18-11-12-19(26)20(14-18)28-22(30)15-27-24(32)21(13-16-7-3-1-4-8-16)29-23(31)17-9-5-2-6-10-17/h1-12,14,21H,13,15H2,(H,27,32)(H,28,30)(H,29,31). The van der Waals surface area contributed by atoms with Gasteiger partial charge in [-0.15, -0.1) is 0 Å². The predicted molar refractivity (Wildman–Crippen MR) is 126 cm³/mol. The molecule has 0 bridgehead atoms. The van der Waals surface area contributed by atoms with Gasteiger partial charge in [0.1, 0.15) is 6.04 Å². The summed E-state index contributed by atoms with van der Waals surface area (Å²) in [5.41, 5.74) is 1.65. The van der Waals surface area contributed by atoms with Crippen molar-refractivity contribution in [3.63, 3.8) is 0 Å². The largest absolute Gasteiger partial charge is 0.345 e. The summed E-state index contributed by atoms with van der Waals surface area (Å²) in [6, 6.07) is 21.7. The van der Waals surface area contributed by atoms with E-state index < -0.39 is 17.9 Å². The van der Waals surface area contributed by atoms with Gasteiger partial charge < -0.3 is 16.0 Å². The normalized spacial score (nSPS) is 11.3. The van der Waals surface area contributed by atoms with Gasteiger partial charge in [-0.25, -0.2) is 0 Å². The second-order valence-electron chi connectivity index (χ2n) is 6.97. The van der Waals surface area contributed by atoms with Crippen molar-refractivity contribution < 1.29 is 14.4 Å². The maximum atomic E-state index is 12.8. The van der Waals surface area contributed by atoms with Gasteiger partial charge in [-0.2, -0.15) is 0 Å². The first-order chi connectivity index (χ1) is 15.4. The van der Waals surface area contributed by atoms with Crippen molar-refractivity contribution in [1.29, 1.82) is 0 Å². The molecule has 6 nitrogen and oxygen atoms in total. The summed E-state index contributed by atoms with van der Waals surface area (Å²) in [6.07, 6.45) is 0.271. The van der Waals surface area contributed by atoms with E-state index in [1.165, 1.54) is 6.07 Å². The fourth-order valence-corrected chi connectivity index (χ4v) is 3.31. The van der Waals surface area contributed by atoms with E-state index in [4.69, 9.17) is 23.2 Å². The quantitative estimate of drug-likeness (QED) is 0.464. The fraction of sp³-hybridized carbons (Fsp3) is 0.125. The maximum Gasteiger partial charge on any atom is 0.251 e. The molecule has 0 saturated heterocycles. The highest BCUT2D eigenvalue weighted by atomic mass is 35.5. The smallest absolute Gasteiger partial charge is 0.251 e. The van der Waals surface area contributed by atoms with Gasteiger partial charge >= 0.3 is 0 Å². The predicted octanol–water partition coefficient (Wildman–Crippen LogP) is 4.09. The van der Waals surface area contributed by atoms with Crippen molar-refractivity contribution in [3.05, 3.63) is 100 Å². The molecule has 3 aromatic rings. The van der Waals surface area contributed by atoms with Crippen molar-refractivity contribution >= 4 is 46.6 Å². The molecular formula is C24H21Cl2N3O3. The van der Waals surface area contributed by atoms with Crippen molar-refractivity contribution in [2.24, 2.45) is 0 Å². The zero-order chi connectivity index (χ0) is 22.9. The first kappa shape index (κ1) is 23.3. The maximum absolute atomic E-state index is 12.8. The van der Waals surface area contributed by atoms with Gasteiger partial charge in [-0.3, -0.25) is 14.4 Å². The first-order valence-corrected chi connectivity index (χ1v) is 10.6. The summed E-state index contributed by atoms with van der Waals surface area (Å²) in [5.74, 6) is -1.34. The van der Waals surface area contributed by atoms with E-state index in [1.807, 2.05) is 30.3 Å². The van der Waals surface area contributed by atoms with Gasteiger partial charge in [0.25, 0.3) is 5.91 Å². The zero-order valence-corrected chi connectivity index (χ0v) is 18.5. The van der Waals surface area contributed by atoms with E-state index in [2.05, 4.69) is 16.0 Å². The first-order valence-electron chi connectivity index (χ1n) is 9.85. The topological polar surface area (TPSA) is 87.3 Å². The highest BCUT2D eigenvalue weighted by molar-refractivity contribution is 6.35. The van der Waals surface area contributed by atoms with Crippen molar-refractivity contribution in [2.45, 2.75) is 12.5 Å². The minimum atomic E-state index is -0.868. The van der Waals surface area contributed by atoms with Gasteiger partial charge in [-0.1, -0.05) is 71.7 Å². The molecule has 32 heavy (non-hydrogen) atoms. The van der Waals surface area contributed by atoms with Gasteiger partial charge in [-0.05, 0) is 35.9 Å². The van der Waals surface area contributed by atoms with Crippen LogP contribution in [-0.2, 0) is 16.0 Å². The minimum Gasteiger partial charge on any atom is -0.345 e. The average Bonchev–Trinajstić information content (AvgIpc) is 2.80. The van der Waals surface area contributed by atoms with Crippen molar-refractivity contribution in [1.82, 2.24) is 10.6 Å². The van der Waals surface area contributed by atoms with E-state index in [0.717, 1.165) is 5.56 Å². The molecule has 1 atom stereocenters. The van der Waals surface area contributed by atoms with Crippen LogP contribution in [0.4, 0.5) is 5.69 Å². The monoisotopic (exact) mass is 469 g/mol. The summed E-state index contributed by atoms with van der Waals surface area (Å²) in [7, 11) is 0. The third-order valence-corrected chi connectivity index (χ3v) is 5.13. The molecule has 3 N–H and O–H groups in total. The van der Waals surface area contributed by atoms with Gasteiger partial charge in [0.05, 0.1) is 17.3 Å². The van der Waals surface area contributed by atoms with Crippen LogP contribution in [-0.4, -0.2) is 30.3 Å². The number of benzene rings is 3. The van der Waals surface area contributed by atoms with Crippen LogP contribution in [0.1, 0.15) is 15.9 Å². The zero-order valence-electron chi connectivity index (χ0n) is 17.0. The van der Waals surface area contributed by atoms with E-state index in [-0.39, 0.29) is 18.9 Å². The summed E-state index contributed by atoms with van der Waals surface area (Å²) in [5, 5.41) is 8.67. The molecule has 8 heteroatoms. The van der Waals surface area contributed by atoms with Gasteiger partial charge in [0.15, 0.2) is 0 Å². The Hall–Kier alpha value is -3.35. The van der Waals surface area contributed by atoms with E-state index in [9.17, 15) is 14.4 Å². The Balaban J connectivity index is 1.65. The third kappa shape index (κ3) is 6.83. The van der Waals surface area contributed by atoms with Crippen molar-refractivity contribution in [3.8, 4) is 0 Å². The SMILES string of the molecule is O=C(CNC(=O)C(Cc1ccccc1)NC(=O)c1ccccc1)Nc1cc(Cl)ccc1Cl. The molecule has 164 valence electrons. The van der Waals surface area contributed by atoms with E-state index in [1.54, 1.807) is 42.5 Å².